The lowest BCUT2D eigenvalue weighted by atomic mass is 9.94. The Bertz CT molecular complexity index is 493. The Balaban J connectivity index is 0.00000529. The van der Waals surface area contributed by atoms with Crippen LogP contribution in [0.5, 0.6) is 0 Å². The number of aromatic nitrogens is 1. The molecule has 0 aromatic carbocycles. The molecule has 0 saturated heterocycles. The lowest BCUT2D eigenvalue weighted by molar-refractivity contribution is 0.237. The molecule has 140 valence electrons. The van der Waals surface area contributed by atoms with Crippen molar-refractivity contribution in [1.29, 1.82) is 0 Å². The molecule has 0 atom stereocenters. The molecule has 0 aliphatic rings. The minimum Gasteiger partial charge on any atom is -0.443 e. The van der Waals surface area contributed by atoms with Crippen molar-refractivity contribution in [3.8, 4) is 0 Å². The average Bonchev–Trinajstić information content (AvgIpc) is 2.95. The highest BCUT2D eigenvalue weighted by Gasteiger charge is 2.19. The fraction of sp³-hybridized carbons (Fsp3) is 0.765. The van der Waals surface area contributed by atoms with Gasteiger partial charge in [-0.15, -0.1) is 24.0 Å². The Kier molecular flexibility index (Phi) is 10.5. The highest BCUT2D eigenvalue weighted by atomic mass is 127. The molecule has 1 heterocycles. The van der Waals surface area contributed by atoms with E-state index >= 15 is 0 Å². The molecule has 0 spiro atoms. The van der Waals surface area contributed by atoms with Gasteiger partial charge in [-0.05, 0) is 20.4 Å². The lowest BCUT2D eigenvalue weighted by Gasteiger charge is -2.25. The second kappa shape index (κ2) is 10.9. The highest BCUT2D eigenvalue weighted by molar-refractivity contribution is 14.0. The maximum atomic E-state index is 5.77. The van der Waals surface area contributed by atoms with Crippen molar-refractivity contribution in [1.82, 2.24) is 20.5 Å². The van der Waals surface area contributed by atoms with E-state index in [9.17, 15) is 0 Å². The third-order valence-electron chi connectivity index (χ3n) is 3.75. The number of hydrogen-bond acceptors (Lipinski definition) is 4. The molecule has 1 aromatic rings. The Morgan fingerprint density at radius 2 is 2.00 bits per heavy atom. The van der Waals surface area contributed by atoms with Crippen LogP contribution in [0.2, 0.25) is 0 Å². The summed E-state index contributed by atoms with van der Waals surface area (Å²) in [5.41, 5.74) is -0.0222. The number of rotatable bonds is 7. The molecular weight excluding hydrogens is 417 g/mol. The summed E-state index contributed by atoms with van der Waals surface area (Å²) in [5.74, 6) is 2.34. The zero-order valence-corrected chi connectivity index (χ0v) is 18.5. The number of oxazole rings is 1. The van der Waals surface area contributed by atoms with Crippen LogP contribution in [-0.2, 0) is 12.0 Å². The quantitative estimate of drug-likeness (QED) is 0.379. The second-order valence-corrected chi connectivity index (χ2v) is 6.94. The minimum absolute atomic E-state index is 0. The zero-order valence-electron chi connectivity index (χ0n) is 16.1. The third kappa shape index (κ3) is 7.83. The van der Waals surface area contributed by atoms with Crippen molar-refractivity contribution in [2.75, 3.05) is 26.7 Å². The van der Waals surface area contributed by atoms with Gasteiger partial charge in [0.15, 0.2) is 5.96 Å². The molecule has 1 aromatic heterocycles. The van der Waals surface area contributed by atoms with Crippen LogP contribution >= 0.6 is 24.0 Å². The van der Waals surface area contributed by atoms with Crippen LogP contribution in [0.15, 0.2) is 15.6 Å². The molecule has 0 radical (unpaired) electrons. The van der Waals surface area contributed by atoms with Crippen molar-refractivity contribution in [3.63, 3.8) is 0 Å². The summed E-state index contributed by atoms with van der Waals surface area (Å²) in [6.45, 7) is 16.4. The van der Waals surface area contributed by atoms with E-state index in [4.69, 9.17) is 4.42 Å². The molecule has 0 amide bonds. The Morgan fingerprint density at radius 1 is 1.33 bits per heavy atom. The molecule has 0 unspecified atom stereocenters. The first-order valence-corrected chi connectivity index (χ1v) is 8.41. The van der Waals surface area contributed by atoms with Gasteiger partial charge in [0, 0.05) is 31.6 Å². The topological polar surface area (TPSA) is 65.7 Å². The van der Waals surface area contributed by atoms with Crippen LogP contribution in [0, 0.1) is 0 Å². The first-order valence-electron chi connectivity index (χ1n) is 8.41. The lowest BCUT2D eigenvalue weighted by Crippen LogP contribution is -2.42. The van der Waals surface area contributed by atoms with E-state index < -0.39 is 0 Å². The SMILES string of the molecule is CCN(CCNC(=NC)NCc1ncc(C(C)(C)C)o1)C(C)C.I. The summed E-state index contributed by atoms with van der Waals surface area (Å²) >= 11 is 0. The Morgan fingerprint density at radius 3 is 2.46 bits per heavy atom. The molecule has 0 aliphatic heterocycles. The Hall–Kier alpha value is -0.830. The van der Waals surface area contributed by atoms with Crippen LogP contribution in [-0.4, -0.2) is 48.6 Å². The number of guanidine groups is 1. The van der Waals surface area contributed by atoms with Crippen LogP contribution < -0.4 is 10.6 Å². The summed E-state index contributed by atoms with van der Waals surface area (Å²) in [4.78, 5) is 11.0. The van der Waals surface area contributed by atoms with Gasteiger partial charge in [0.1, 0.15) is 5.76 Å². The number of nitrogens with zero attached hydrogens (tertiary/aromatic N) is 3. The van der Waals surface area contributed by atoms with Gasteiger partial charge in [0.25, 0.3) is 0 Å². The largest absolute Gasteiger partial charge is 0.443 e. The van der Waals surface area contributed by atoms with Gasteiger partial charge < -0.3 is 15.1 Å². The predicted octanol–water partition coefficient (Wildman–Crippen LogP) is 2.99. The van der Waals surface area contributed by atoms with E-state index in [0.717, 1.165) is 31.4 Å². The fourth-order valence-corrected chi connectivity index (χ4v) is 2.22. The summed E-state index contributed by atoms with van der Waals surface area (Å²) in [6, 6.07) is 0.555. The van der Waals surface area contributed by atoms with Crippen LogP contribution in [0.1, 0.15) is 53.2 Å². The number of aliphatic imine (C=N–C) groups is 1. The maximum absolute atomic E-state index is 5.77. The van der Waals surface area contributed by atoms with E-state index in [1.807, 2.05) is 0 Å². The molecule has 1 rings (SSSR count). The monoisotopic (exact) mass is 451 g/mol. The molecule has 6 nitrogen and oxygen atoms in total. The summed E-state index contributed by atoms with van der Waals surface area (Å²) in [7, 11) is 1.77. The standard InChI is InChI=1S/C17H33N5O.HI/c1-8-22(13(2)3)10-9-19-16(18-7)21-12-15-20-11-14(23-15)17(4,5)6;/h11,13H,8-10,12H2,1-7H3,(H2,18,19,21);1H. The van der Waals surface area contributed by atoms with E-state index in [0.29, 0.717) is 18.5 Å². The smallest absolute Gasteiger partial charge is 0.213 e. The molecule has 0 bridgehead atoms. The van der Waals surface area contributed by atoms with Crippen LogP contribution in [0.4, 0.5) is 0 Å². The summed E-state index contributed by atoms with van der Waals surface area (Å²) in [5, 5.41) is 6.56. The molecule has 24 heavy (non-hydrogen) atoms. The highest BCUT2D eigenvalue weighted by Crippen LogP contribution is 2.22. The van der Waals surface area contributed by atoms with Gasteiger partial charge >= 0.3 is 0 Å². The van der Waals surface area contributed by atoms with Crippen LogP contribution in [0.25, 0.3) is 0 Å². The van der Waals surface area contributed by atoms with Crippen molar-refractivity contribution in [2.24, 2.45) is 4.99 Å². The molecule has 7 heteroatoms. The van der Waals surface area contributed by atoms with E-state index in [-0.39, 0.29) is 29.4 Å². The van der Waals surface area contributed by atoms with Gasteiger partial charge in [-0.1, -0.05) is 27.7 Å². The van der Waals surface area contributed by atoms with Gasteiger partial charge in [-0.2, -0.15) is 0 Å². The van der Waals surface area contributed by atoms with Crippen LogP contribution in [0.3, 0.4) is 0 Å². The molecular formula is C17H34IN5O. The second-order valence-electron chi connectivity index (χ2n) is 6.94. The molecule has 2 N–H and O–H groups in total. The number of likely N-dealkylation sites (N-methyl/N-ethyl adjacent to an activating group) is 1. The van der Waals surface area contributed by atoms with Gasteiger partial charge in [-0.3, -0.25) is 9.89 Å². The first-order chi connectivity index (χ1) is 10.8. The zero-order chi connectivity index (χ0) is 17.5. The number of hydrogen-bond donors (Lipinski definition) is 2. The number of halogens is 1. The predicted molar refractivity (Wildman–Crippen MR) is 111 cm³/mol. The van der Waals surface area contributed by atoms with Crippen molar-refractivity contribution in [3.05, 3.63) is 17.8 Å². The van der Waals surface area contributed by atoms with Gasteiger partial charge in [0.2, 0.25) is 5.89 Å². The maximum Gasteiger partial charge on any atom is 0.213 e. The van der Waals surface area contributed by atoms with Crippen molar-refractivity contribution >= 4 is 29.9 Å². The van der Waals surface area contributed by atoms with E-state index in [2.05, 4.69) is 67.1 Å². The molecule has 0 fully saturated rings. The Labute approximate surface area is 163 Å². The van der Waals surface area contributed by atoms with Gasteiger partial charge in [-0.25, -0.2) is 4.98 Å². The number of nitrogens with one attached hydrogen (secondary N) is 2. The molecule has 0 aliphatic carbocycles. The van der Waals surface area contributed by atoms with E-state index in [1.54, 1.807) is 13.2 Å². The summed E-state index contributed by atoms with van der Waals surface area (Å²) in [6.07, 6.45) is 1.80. The minimum atomic E-state index is -0.0222. The molecule has 0 saturated carbocycles. The van der Waals surface area contributed by atoms with Crippen molar-refractivity contribution < 1.29 is 4.42 Å². The van der Waals surface area contributed by atoms with Gasteiger partial charge in [0.05, 0.1) is 12.7 Å². The normalized spacial score (nSPS) is 12.5. The summed E-state index contributed by atoms with van der Waals surface area (Å²) < 4.78 is 5.77. The van der Waals surface area contributed by atoms with Crippen molar-refractivity contribution in [2.45, 2.75) is 59.5 Å². The fourth-order valence-electron chi connectivity index (χ4n) is 2.22. The van der Waals surface area contributed by atoms with E-state index in [1.165, 1.54) is 0 Å². The average molecular weight is 451 g/mol. The third-order valence-corrected chi connectivity index (χ3v) is 3.75. The first kappa shape index (κ1) is 23.2.